The molecule has 17 heavy (non-hydrogen) atoms. The molecule has 5 nitrogen and oxygen atoms in total. The molecule has 2 aromatic rings. The number of rotatable bonds is 2. The molecule has 0 saturated heterocycles. The first kappa shape index (κ1) is 11.5. The van der Waals surface area contributed by atoms with E-state index in [1.807, 2.05) is 0 Å². The fourth-order valence-electron chi connectivity index (χ4n) is 1.32. The van der Waals surface area contributed by atoms with Gasteiger partial charge < -0.3 is 9.47 Å². The lowest BCUT2D eigenvalue weighted by Gasteiger charge is -2.04. The van der Waals surface area contributed by atoms with Crippen LogP contribution in [0.25, 0.3) is 5.78 Å². The number of ether oxygens (including phenoxy) is 2. The molecule has 0 fully saturated rings. The van der Waals surface area contributed by atoms with Gasteiger partial charge in [-0.05, 0) is 0 Å². The predicted octanol–water partition coefficient (Wildman–Crippen LogP) is 1.77. The maximum absolute atomic E-state index is 12.5. The summed E-state index contributed by atoms with van der Waals surface area (Å²) >= 11 is 0. The van der Waals surface area contributed by atoms with Crippen molar-refractivity contribution in [1.82, 2.24) is 14.4 Å². The van der Waals surface area contributed by atoms with Crippen LogP contribution in [-0.4, -0.2) is 28.6 Å². The van der Waals surface area contributed by atoms with Gasteiger partial charge in [-0.15, -0.1) is 0 Å². The van der Waals surface area contributed by atoms with Gasteiger partial charge in [-0.3, -0.25) is 4.40 Å². The molecule has 2 aromatic heterocycles. The maximum atomic E-state index is 12.5. The number of hydrogen-bond donors (Lipinski definition) is 0. The third-order valence-electron chi connectivity index (χ3n) is 2.09. The van der Waals surface area contributed by atoms with Crippen LogP contribution in [-0.2, 0) is 6.18 Å². The van der Waals surface area contributed by atoms with Gasteiger partial charge in [0.2, 0.25) is 17.5 Å². The quantitative estimate of drug-likeness (QED) is 0.811. The topological polar surface area (TPSA) is 48.7 Å². The summed E-state index contributed by atoms with van der Waals surface area (Å²) < 4.78 is 48.3. The van der Waals surface area contributed by atoms with Gasteiger partial charge in [0, 0.05) is 6.20 Å². The third kappa shape index (κ3) is 1.97. The Morgan fingerprint density at radius 2 is 1.88 bits per heavy atom. The van der Waals surface area contributed by atoms with Crippen LogP contribution < -0.4 is 9.47 Å². The second-order valence-electron chi connectivity index (χ2n) is 3.13. The van der Waals surface area contributed by atoms with E-state index in [-0.39, 0.29) is 17.5 Å². The highest BCUT2D eigenvalue weighted by molar-refractivity contribution is 5.40. The average Bonchev–Trinajstić information content (AvgIpc) is 2.70. The zero-order valence-corrected chi connectivity index (χ0v) is 8.95. The Balaban J connectivity index is 2.67. The maximum Gasteiger partial charge on any atom is 0.434 e. The summed E-state index contributed by atoms with van der Waals surface area (Å²) in [5.41, 5.74) is -1.03. The Bertz CT molecular complexity index is 550. The monoisotopic (exact) mass is 247 g/mol. The highest BCUT2D eigenvalue weighted by Crippen LogP contribution is 2.30. The van der Waals surface area contributed by atoms with E-state index in [2.05, 4.69) is 9.97 Å². The van der Waals surface area contributed by atoms with Crippen LogP contribution in [0, 0.1) is 0 Å². The van der Waals surface area contributed by atoms with E-state index in [0.717, 1.165) is 10.6 Å². The lowest BCUT2D eigenvalue weighted by atomic mass is 10.5. The smallest absolute Gasteiger partial charge is 0.434 e. The number of methoxy groups -OCH3 is 2. The number of imidazole rings is 1. The molecule has 0 N–H and O–H groups in total. The molecular weight excluding hydrogens is 239 g/mol. The molecule has 2 rings (SSSR count). The zero-order valence-electron chi connectivity index (χ0n) is 8.95. The summed E-state index contributed by atoms with van der Waals surface area (Å²) in [4.78, 5) is 7.15. The van der Waals surface area contributed by atoms with E-state index in [9.17, 15) is 13.2 Å². The summed E-state index contributed by atoms with van der Waals surface area (Å²) in [6.07, 6.45) is -3.70. The molecule has 8 heteroatoms. The van der Waals surface area contributed by atoms with Gasteiger partial charge in [-0.1, -0.05) is 0 Å². The minimum atomic E-state index is -4.52. The zero-order chi connectivity index (χ0) is 12.6. The van der Waals surface area contributed by atoms with Crippen molar-refractivity contribution in [1.29, 1.82) is 0 Å². The van der Waals surface area contributed by atoms with Gasteiger partial charge >= 0.3 is 6.18 Å². The van der Waals surface area contributed by atoms with Crippen molar-refractivity contribution >= 4 is 5.78 Å². The Kier molecular flexibility index (Phi) is 2.56. The van der Waals surface area contributed by atoms with Gasteiger partial charge in [-0.25, -0.2) is 4.98 Å². The Morgan fingerprint density at radius 3 is 2.41 bits per heavy atom. The van der Waals surface area contributed by atoms with Gasteiger partial charge in [0.15, 0.2) is 5.69 Å². The predicted molar refractivity (Wildman–Crippen MR) is 51.1 cm³/mol. The Hall–Kier alpha value is -1.99. The molecule has 0 saturated carbocycles. The SMILES string of the molecule is COc1cc(OC)n2cc(C(F)(F)F)nc2n1. The first-order chi connectivity index (χ1) is 7.95. The molecular formula is C9H8F3N3O2. The fourth-order valence-corrected chi connectivity index (χ4v) is 1.32. The molecule has 92 valence electrons. The number of alkyl halides is 3. The average molecular weight is 247 g/mol. The normalized spacial score (nSPS) is 11.8. The standard InChI is InChI=1S/C9H8F3N3O2/c1-16-6-3-7(17-2)15-4-5(9(10,11)12)13-8(15)14-6/h3-4H,1-2H3. The second-order valence-corrected chi connectivity index (χ2v) is 3.13. The van der Waals surface area contributed by atoms with Crippen LogP contribution >= 0.6 is 0 Å². The summed E-state index contributed by atoms with van der Waals surface area (Å²) in [5.74, 6) is 0.164. The molecule has 0 bridgehead atoms. The largest absolute Gasteiger partial charge is 0.482 e. The minimum Gasteiger partial charge on any atom is -0.482 e. The van der Waals surface area contributed by atoms with Crippen molar-refractivity contribution < 1.29 is 22.6 Å². The number of halogens is 3. The van der Waals surface area contributed by atoms with Crippen LogP contribution in [0.4, 0.5) is 13.2 Å². The molecule has 0 atom stereocenters. The van der Waals surface area contributed by atoms with Gasteiger partial charge in [0.1, 0.15) is 0 Å². The number of aromatic nitrogens is 3. The fraction of sp³-hybridized carbons (Fsp3) is 0.333. The molecule has 0 radical (unpaired) electrons. The first-order valence-corrected chi connectivity index (χ1v) is 4.51. The van der Waals surface area contributed by atoms with Crippen LogP contribution in [0.5, 0.6) is 11.8 Å². The Labute approximate surface area is 93.8 Å². The van der Waals surface area contributed by atoms with E-state index in [1.165, 1.54) is 20.3 Å². The van der Waals surface area contributed by atoms with Crippen molar-refractivity contribution in [3.05, 3.63) is 18.0 Å². The van der Waals surface area contributed by atoms with E-state index in [4.69, 9.17) is 9.47 Å². The van der Waals surface area contributed by atoms with Crippen molar-refractivity contribution in [3.63, 3.8) is 0 Å². The van der Waals surface area contributed by atoms with Crippen molar-refractivity contribution in [2.75, 3.05) is 14.2 Å². The van der Waals surface area contributed by atoms with Crippen LogP contribution in [0.15, 0.2) is 12.3 Å². The summed E-state index contributed by atoms with van der Waals surface area (Å²) in [5, 5.41) is 0. The lowest BCUT2D eigenvalue weighted by Crippen LogP contribution is -2.04. The van der Waals surface area contributed by atoms with E-state index in [0.29, 0.717) is 0 Å². The Morgan fingerprint density at radius 1 is 1.18 bits per heavy atom. The molecule has 0 amide bonds. The highest BCUT2D eigenvalue weighted by atomic mass is 19.4. The van der Waals surface area contributed by atoms with E-state index < -0.39 is 11.9 Å². The molecule has 0 aliphatic carbocycles. The number of nitrogens with zero attached hydrogens (tertiary/aromatic N) is 3. The molecule has 0 spiro atoms. The van der Waals surface area contributed by atoms with Crippen molar-refractivity contribution in [2.45, 2.75) is 6.18 Å². The molecule has 0 aliphatic heterocycles. The highest BCUT2D eigenvalue weighted by Gasteiger charge is 2.34. The lowest BCUT2D eigenvalue weighted by molar-refractivity contribution is -0.140. The van der Waals surface area contributed by atoms with Crippen LogP contribution in [0.1, 0.15) is 5.69 Å². The second kappa shape index (κ2) is 3.79. The third-order valence-corrected chi connectivity index (χ3v) is 2.09. The van der Waals surface area contributed by atoms with Gasteiger partial charge in [-0.2, -0.15) is 18.2 Å². The van der Waals surface area contributed by atoms with E-state index >= 15 is 0 Å². The van der Waals surface area contributed by atoms with Crippen molar-refractivity contribution in [2.24, 2.45) is 0 Å². The molecule has 0 aliphatic rings. The molecule has 0 unspecified atom stereocenters. The molecule has 0 aromatic carbocycles. The summed E-state index contributed by atoms with van der Waals surface area (Å²) in [6, 6.07) is 1.37. The number of hydrogen-bond acceptors (Lipinski definition) is 4. The van der Waals surface area contributed by atoms with E-state index in [1.54, 1.807) is 0 Å². The minimum absolute atomic E-state index is 0.131. The summed E-state index contributed by atoms with van der Waals surface area (Å²) in [7, 11) is 2.69. The van der Waals surface area contributed by atoms with Gasteiger partial charge in [0.25, 0.3) is 0 Å². The molecule has 2 heterocycles. The van der Waals surface area contributed by atoms with Crippen LogP contribution in [0.3, 0.4) is 0 Å². The number of fused-ring (bicyclic) bond motifs is 1. The first-order valence-electron chi connectivity index (χ1n) is 4.51. The van der Waals surface area contributed by atoms with Crippen LogP contribution in [0.2, 0.25) is 0 Å². The summed E-state index contributed by atoms with van der Waals surface area (Å²) in [6.45, 7) is 0. The van der Waals surface area contributed by atoms with Crippen molar-refractivity contribution in [3.8, 4) is 11.8 Å². The van der Waals surface area contributed by atoms with Gasteiger partial charge in [0.05, 0.1) is 20.3 Å².